The molecule has 5 heteroatoms. The lowest BCUT2D eigenvalue weighted by Crippen LogP contribution is -2.57. The van der Waals surface area contributed by atoms with Gasteiger partial charge in [-0.15, -0.1) is 0 Å². The van der Waals surface area contributed by atoms with Crippen molar-refractivity contribution in [1.82, 2.24) is 5.32 Å². The molecule has 0 bridgehead atoms. The molecule has 3 aromatic rings. The van der Waals surface area contributed by atoms with Gasteiger partial charge >= 0.3 is 5.97 Å². The second kappa shape index (κ2) is 8.39. The second-order valence-corrected chi connectivity index (χ2v) is 6.71. The van der Waals surface area contributed by atoms with E-state index in [1.54, 1.807) is 42.5 Å². The van der Waals surface area contributed by atoms with Crippen molar-refractivity contribution in [2.45, 2.75) is 18.4 Å². The van der Waals surface area contributed by atoms with Crippen LogP contribution < -0.4 is 5.32 Å². The molecule has 0 unspecified atom stereocenters. The monoisotopic (exact) mass is 375 g/mol. The quantitative estimate of drug-likeness (QED) is 0.590. The third-order valence-corrected chi connectivity index (χ3v) is 4.59. The first-order valence-corrected chi connectivity index (χ1v) is 8.91. The Bertz CT molecular complexity index is 939. The van der Waals surface area contributed by atoms with Crippen molar-refractivity contribution in [2.75, 3.05) is 0 Å². The normalized spacial score (nSPS) is 12.7. The van der Waals surface area contributed by atoms with E-state index in [4.69, 9.17) is 0 Å². The average molecular weight is 375 g/mol. The molecule has 0 radical (unpaired) electrons. The van der Waals surface area contributed by atoms with Crippen molar-refractivity contribution in [3.63, 3.8) is 0 Å². The van der Waals surface area contributed by atoms with Crippen LogP contribution in [0.5, 0.6) is 5.75 Å². The maximum atomic E-state index is 12.8. The highest BCUT2D eigenvalue weighted by Gasteiger charge is 2.40. The maximum absolute atomic E-state index is 12.8. The standard InChI is InChI=1S/C23H21NO4/c25-20-13-11-18(12-14-20)16-23(22(27)28,15-17-7-3-1-4-8-17)24-21(26)19-9-5-2-6-10-19/h1-14,25H,15-16H2,(H,24,26)(H,27,28)/t23-/m0/s1. The topological polar surface area (TPSA) is 86.6 Å². The number of phenolic OH excluding ortho intramolecular Hbond substituents is 1. The third-order valence-electron chi connectivity index (χ3n) is 4.59. The highest BCUT2D eigenvalue weighted by molar-refractivity contribution is 5.98. The van der Waals surface area contributed by atoms with Gasteiger partial charge in [0.1, 0.15) is 11.3 Å². The zero-order chi connectivity index (χ0) is 20.0. The smallest absolute Gasteiger partial charge is 0.330 e. The molecule has 0 aromatic heterocycles. The predicted molar refractivity (Wildman–Crippen MR) is 106 cm³/mol. The zero-order valence-corrected chi connectivity index (χ0v) is 15.2. The van der Waals surface area contributed by atoms with Crippen molar-refractivity contribution in [2.24, 2.45) is 0 Å². The molecule has 0 aliphatic heterocycles. The predicted octanol–water partition coefficient (Wildman–Crippen LogP) is 3.43. The maximum Gasteiger partial charge on any atom is 0.330 e. The minimum absolute atomic E-state index is 0.0794. The highest BCUT2D eigenvalue weighted by atomic mass is 16.4. The van der Waals surface area contributed by atoms with Crippen LogP contribution in [0.25, 0.3) is 0 Å². The lowest BCUT2D eigenvalue weighted by atomic mass is 9.84. The van der Waals surface area contributed by atoms with Gasteiger partial charge in [-0.3, -0.25) is 4.79 Å². The number of carboxylic acid groups (broad SMARTS) is 1. The highest BCUT2D eigenvalue weighted by Crippen LogP contribution is 2.22. The number of carboxylic acids is 1. The molecule has 0 aliphatic rings. The van der Waals surface area contributed by atoms with E-state index < -0.39 is 17.4 Å². The molecule has 0 aliphatic carbocycles. The number of carbonyl (C=O) groups is 2. The van der Waals surface area contributed by atoms with Crippen molar-refractivity contribution >= 4 is 11.9 Å². The zero-order valence-electron chi connectivity index (χ0n) is 15.2. The summed E-state index contributed by atoms with van der Waals surface area (Å²) >= 11 is 0. The largest absolute Gasteiger partial charge is 0.508 e. The van der Waals surface area contributed by atoms with Gasteiger partial charge in [0.2, 0.25) is 0 Å². The van der Waals surface area contributed by atoms with Crippen LogP contribution in [0.15, 0.2) is 84.9 Å². The van der Waals surface area contributed by atoms with E-state index in [0.29, 0.717) is 11.1 Å². The van der Waals surface area contributed by atoms with Crippen LogP contribution in [0, 0.1) is 0 Å². The molecule has 0 saturated carbocycles. The molecule has 1 amide bonds. The summed E-state index contributed by atoms with van der Waals surface area (Å²) in [6.07, 6.45) is 0.207. The van der Waals surface area contributed by atoms with E-state index in [-0.39, 0.29) is 18.6 Å². The van der Waals surface area contributed by atoms with Crippen molar-refractivity contribution < 1.29 is 19.8 Å². The van der Waals surface area contributed by atoms with Crippen LogP contribution >= 0.6 is 0 Å². The average Bonchev–Trinajstić information content (AvgIpc) is 2.71. The van der Waals surface area contributed by atoms with Gasteiger partial charge in [-0.25, -0.2) is 4.79 Å². The first-order chi connectivity index (χ1) is 13.5. The van der Waals surface area contributed by atoms with Crippen LogP contribution in [-0.4, -0.2) is 27.6 Å². The summed E-state index contributed by atoms with van der Waals surface area (Å²) in [4.78, 5) is 25.2. The Morgan fingerprint density at radius 3 is 1.79 bits per heavy atom. The van der Waals surface area contributed by atoms with Crippen molar-refractivity contribution in [3.05, 3.63) is 102 Å². The Balaban J connectivity index is 1.97. The molecule has 3 rings (SSSR count). The minimum atomic E-state index is -1.54. The summed E-state index contributed by atoms with van der Waals surface area (Å²) < 4.78 is 0. The number of benzene rings is 3. The number of aromatic hydroxyl groups is 1. The number of rotatable bonds is 7. The van der Waals surface area contributed by atoms with E-state index in [1.165, 1.54) is 12.1 Å². The third kappa shape index (κ3) is 4.57. The number of aliphatic carboxylic acids is 1. The summed E-state index contributed by atoms with van der Waals surface area (Å²) in [7, 11) is 0. The van der Waals surface area contributed by atoms with Gasteiger partial charge < -0.3 is 15.5 Å². The molecule has 0 saturated heterocycles. The Hall–Kier alpha value is -3.60. The number of nitrogens with one attached hydrogen (secondary N) is 1. The van der Waals surface area contributed by atoms with Gasteiger partial charge in [0.25, 0.3) is 5.91 Å². The molecular weight excluding hydrogens is 354 g/mol. The lowest BCUT2D eigenvalue weighted by molar-refractivity contribution is -0.144. The van der Waals surface area contributed by atoms with Gasteiger partial charge in [0.15, 0.2) is 0 Å². The van der Waals surface area contributed by atoms with Crippen molar-refractivity contribution in [1.29, 1.82) is 0 Å². The SMILES string of the molecule is O=C(N[C@@](Cc1ccccc1)(Cc1ccc(O)cc1)C(=O)O)c1ccccc1. The summed E-state index contributed by atoms with van der Waals surface area (Å²) in [5.41, 5.74) is 0.360. The van der Waals surface area contributed by atoms with E-state index in [0.717, 1.165) is 5.56 Å². The van der Waals surface area contributed by atoms with Crippen LogP contribution in [0.2, 0.25) is 0 Å². The summed E-state index contributed by atoms with van der Waals surface area (Å²) in [5.74, 6) is -1.47. The van der Waals surface area contributed by atoms with Crippen LogP contribution in [-0.2, 0) is 17.6 Å². The fourth-order valence-corrected chi connectivity index (χ4v) is 3.14. The van der Waals surface area contributed by atoms with Crippen LogP contribution in [0.4, 0.5) is 0 Å². The van der Waals surface area contributed by atoms with E-state index in [9.17, 15) is 19.8 Å². The molecule has 3 aromatic carbocycles. The second-order valence-electron chi connectivity index (χ2n) is 6.71. The summed E-state index contributed by atoms with van der Waals surface area (Å²) in [6.45, 7) is 0. The Morgan fingerprint density at radius 2 is 1.25 bits per heavy atom. The number of hydrogen-bond acceptors (Lipinski definition) is 3. The first kappa shape index (κ1) is 19.2. The van der Waals surface area contributed by atoms with Gasteiger partial charge in [-0.2, -0.15) is 0 Å². The molecule has 28 heavy (non-hydrogen) atoms. The molecular formula is C23H21NO4. The van der Waals surface area contributed by atoms with E-state index >= 15 is 0 Å². The molecule has 0 spiro atoms. The fourth-order valence-electron chi connectivity index (χ4n) is 3.14. The summed E-state index contributed by atoms with van der Waals surface area (Å²) in [6, 6.07) is 24.1. The Labute approximate surface area is 163 Å². The van der Waals surface area contributed by atoms with E-state index in [1.807, 2.05) is 30.3 Å². The first-order valence-electron chi connectivity index (χ1n) is 8.91. The van der Waals surface area contributed by atoms with Crippen molar-refractivity contribution in [3.8, 4) is 5.75 Å². The number of carbonyl (C=O) groups excluding carboxylic acids is 1. The number of phenols is 1. The molecule has 0 fully saturated rings. The van der Waals surface area contributed by atoms with Crippen LogP contribution in [0.1, 0.15) is 21.5 Å². The van der Waals surface area contributed by atoms with Gasteiger partial charge in [0.05, 0.1) is 0 Å². The van der Waals surface area contributed by atoms with Crippen LogP contribution in [0.3, 0.4) is 0 Å². The van der Waals surface area contributed by atoms with Gasteiger partial charge in [-0.05, 0) is 35.4 Å². The number of amides is 1. The Kier molecular flexibility index (Phi) is 5.75. The number of hydrogen-bond donors (Lipinski definition) is 3. The van der Waals surface area contributed by atoms with E-state index in [2.05, 4.69) is 5.32 Å². The molecule has 3 N–H and O–H groups in total. The Morgan fingerprint density at radius 1 is 0.750 bits per heavy atom. The molecule has 5 nitrogen and oxygen atoms in total. The summed E-state index contributed by atoms with van der Waals surface area (Å²) in [5, 5.41) is 22.4. The van der Waals surface area contributed by atoms with Gasteiger partial charge in [0, 0.05) is 18.4 Å². The molecule has 0 heterocycles. The minimum Gasteiger partial charge on any atom is -0.508 e. The fraction of sp³-hybridized carbons (Fsp3) is 0.130. The lowest BCUT2D eigenvalue weighted by Gasteiger charge is -2.31. The molecule has 142 valence electrons. The van der Waals surface area contributed by atoms with Gasteiger partial charge in [-0.1, -0.05) is 60.7 Å². The molecule has 1 atom stereocenters.